The average Bonchev–Trinajstić information content (AvgIpc) is 2.65. The van der Waals surface area contributed by atoms with Crippen molar-refractivity contribution in [3.63, 3.8) is 0 Å². The van der Waals surface area contributed by atoms with E-state index in [1.807, 2.05) is 22.6 Å². The number of hydrogen-bond acceptors (Lipinski definition) is 3. The fraction of sp³-hybridized carbons (Fsp3) is 0.850. The Morgan fingerprint density at radius 2 is 1.44 bits per heavy atom. The van der Waals surface area contributed by atoms with E-state index < -0.39 is 12.0 Å². The second-order valence-electron chi connectivity index (χ2n) is 7.02. The van der Waals surface area contributed by atoms with Crippen molar-refractivity contribution in [2.75, 3.05) is 11.0 Å². The molecule has 0 heterocycles. The third kappa shape index (κ3) is 17.0. The Bertz CT molecular complexity index is 419. The predicted octanol–water partition coefficient (Wildman–Crippen LogP) is 4.20. The van der Waals surface area contributed by atoms with Crippen LogP contribution in [0.15, 0.2) is 0 Å². The van der Waals surface area contributed by atoms with E-state index in [1.165, 1.54) is 44.9 Å². The van der Waals surface area contributed by atoms with Crippen molar-refractivity contribution in [2.24, 2.45) is 0 Å². The van der Waals surface area contributed by atoms with Gasteiger partial charge in [-0.1, -0.05) is 80.9 Å². The third-order valence-electron chi connectivity index (χ3n) is 4.50. The first kappa shape index (κ1) is 26.1. The fourth-order valence-corrected chi connectivity index (χ4v) is 3.10. The molecule has 0 spiro atoms. The van der Waals surface area contributed by atoms with Crippen LogP contribution in [0.3, 0.4) is 0 Å². The Morgan fingerprint density at radius 3 is 2.00 bits per heavy atom. The minimum Gasteiger partial charge on any atom is -0.480 e. The molecule has 0 fully saturated rings. The Hall–Kier alpha value is -0.860. The summed E-state index contributed by atoms with van der Waals surface area (Å²) in [6, 6.07) is -0.843. The predicted molar refractivity (Wildman–Crippen MR) is 117 cm³/mol. The molecule has 0 saturated carbocycles. The lowest BCUT2D eigenvalue weighted by Gasteiger charge is -2.13. The topological polar surface area (TPSA) is 95.5 Å². The van der Waals surface area contributed by atoms with Gasteiger partial charge in [0.2, 0.25) is 11.8 Å². The van der Waals surface area contributed by atoms with Gasteiger partial charge < -0.3 is 15.7 Å². The highest BCUT2D eigenvalue weighted by atomic mass is 127. The number of aliphatic carboxylic acids is 1. The van der Waals surface area contributed by atoms with E-state index in [4.69, 9.17) is 5.11 Å². The molecule has 7 heteroatoms. The van der Waals surface area contributed by atoms with Gasteiger partial charge in [0.05, 0.1) is 4.43 Å². The summed E-state index contributed by atoms with van der Waals surface area (Å²) in [5, 5.41) is 14.5. The molecule has 0 saturated heterocycles. The molecule has 0 aromatic carbocycles. The van der Waals surface area contributed by atoms with Crippen molar-refractivity contribution in [3.05, 3.63) is 0 Å². The largest absolute Gasteiger partial charge is 0.480 e. The smallest absolute Gasteiger partial charge is 0.326 e. The summed E-state index contributed by atoms with van der Waals surface area (Å²) in [5.74, 6) is -1.20. The van der Waals surface area contributed by atoms with Crippen molar-refractivity contribution in [1.29, 1.82) is 0 Å². The van der Waals surface area contributed by atoms with Crippen LogP contribution in [-0.2, 0) is 14.4 Å². The lowest BCUT2D eigenvalue weighted by atomic mass is 10.1. The molecule has 0 aromatic heterocycles. The molecule has 2 amide bonds. The van der Waals surface area contributed by atoms with Crippen molar-refractivity contribution in [3.8, 4) is 0 Å². The third-order valence-corrected chi connectivity index (χ3v) is 5.20. The average molecular weight is 496 g/mol. The monoisotopic (exact) mass is 496 g/mol. The quantitative estimate of drug-likeness (QED) is 0.151. The van der Waals surface area contributed by atoms with E-state index in [0.29, 0.717) is 32.2 Å². The number of rotatable bonds is 18. The van der Waals surface area contributed by atoms with Gasteiger partial charge in [-0.2, -0.15) is 0 Å². The van der Waals surface area contributed by atoms with Gasteiger partial charge in [0, 0.05) is 13.0 Å². The Balaban J connectivity index is 3.55. The zero-order valence-corrected chi connectivity index (χ0v) is 18.9. The van der Waals surface area contributed by atoms with Crippen molar-refractivity contribution >= 4 is 40.4 Å². The number of carbonyl (C=O) groups excluding carboxylic acids is 2. The molecule has 0 rings (SSSR count). The summed E-state index contributed by atoms with van der Waals surface area (Å²) in [6.07, 6.45) is 13.4. The van der Waals surface area contributed by atoms with Gasteiger partial charge in [-0.3, -0.25) is 9.59 Å². The van der Waals surface area contributed by atoms with Crippen molar-refractivity contribution in [1.82, 2.24) is 10.6 Å². The summed E-state index contributed by atoms with van der Waals surface area (Å²) >= 11 is 1.90. The maximum atomic E-state index is 11.8. The lowest BCUT2D eigenvalue weighted by Crippen LogP contribution is -2.41. The van der Waals surface area contributed by atoms with Crippen LogP contribution < -0.4 is 10.6 Å². The van der Waals surface area contributed by atoms with Gasteiger partial charge in [0.25, 0.3) is 0 Å². The van der Waals surface area contributed by atoms with Crippen LogP contribution in [0.5, 0.6) is 0 Å². The number of carboxylic acid groups (broad SMARTS) is 1. The van der Waals surface area contributed by atoms with Gasteiger partial charge >= 0.3 is 5.97 Å². The highest BCUT2D eigenvalue weighted by molar-refractivity contribution is 14.1. The van der Waals surface area contributed by atoms with Gasteiger partial charge in [-0.15, -0.1) is 0 Å². The van der Waals surface area contributed by atoms with Crippen LogP contribution in [0.2, 0.25) is 0 Å². The molecular formula is C20H37IN2O4. The van der Waals surface area contributed by atoms with Crippen molar-refractivity contribution < 1.29 is 19.5 Å². The summed E-state index contributed by atoms with van der Waals surface area (Å²) in [5.41, 5.74) is 0. The van der Waals surface area contributed by atoms with Gasteiger partial charge in [0.1, 0.15) is 6.04 Å². The molecule has 158 valence electrons. The molecule has 1 atom stereocenters. The number of nitrogens with one attached hydrogen (secondary N) is 2. The Kier molecular flexibility index (Phi) is 17.9. The highest BCUT2D eigenvalue weighted by Gasteiger charge is 2.18. The minimum atomic E-state index is -1.01. The molecule has 3 N–H and O–H groups in total. The Labute approximate surface area is 177 Å². The molecule has 0 aromatic rings. The van der Waals surface area contributed by atoms with E-state index in [2.05, 4.69) is 17.6 Å². The zero-order chi connectivity index (χ0) is 20.3. The van der Waals surface area contributed by atoms with Gasteiger partial charge in [-0.05, 0) is 25.7 Å². The molecule has 6 nitrogen and oxygen atoms in total. The van der Waals surface area contributed by atoms with E-state index in [0.717, 1.165) is 12.8 Å². The second kappa shape index (κ2) is 18.5. The number of carbonyl (C=O) groups is 3. The van der Waals surface area contributed by atoms with Crippen LogP contribution in [0.25, 0.3) is 0 Å². The first-order valence-electron chi connectivity index (χ1n) is 10.4. The lowest BCUT2D eigenvalue weighted by molar-refractivity contribution is -0.141. The van der Waals surface area contributed by atoms with Gasteiger partial charge in [-0.25, -0.2) is 4.79 Å². The van der Waals surface area contributed by atoms with Crippen LogP contribution in [0, 0.1) is 0 Å². The normalized spacial score (nSPS) is 11.8. The van der Waals surface area contributed by atoms with Crippen LogP contribution in [0.1, 0.15) is 90.4 Å². The number of alkyl halides is 1. The molecule has 1 unspecified atom stereocenters. The SMILES string of the molecule is CCCCCCCCCCCC(=O)NCCCCC(NC(=O)CI)C(=O)O. The minimum absolute atomic E-state index is 0.0749. The first-order chi connectivity index (χ1) is 13.0. The van der Waals surface area contributed by atoms with Crippen LogP contribution in [-0.4, -0.2) is 39.9 Å². The zero-order valence-electron chi connectivity index (χ0n) is 16.7. The second-order valence-corrected chi connectivity index (χ2v) is 7.78. The Morgan fingerprint density at radius 1 is 0.852 bits per heavy atom. The van der Waals surface area contributed by atoms with E-state index in [9.17, 15) is 14.4 Å². The molecule has 0 aliphatic heterocycles. The van der Waals surface area contributed by atoms with Crippen LogP contribution in [0.4, 0.5) is 0 Å². The van der Waals surface area contributed by atoms with E-state index in [-0.39, 0.29) is 16.2 Å². The molecule has 0 bridgehead atoms. The summed E-state index contributed by atoms with van der Waals surface area (Å²) < 4.78 is 0.246. The highest BCUT2D eigenvalue weighted by Crippen LogP contribution is 2.10. The maximum absolute atomic E-state index is 11.8. The molecule has 0 aliphatic carbocycles. The number of carboxylic acids is 1. The molecular weight excluding hydrogens is 459 g/mol. The molecule has 0 aliphatic rings. The molecule has 27 heavy (non-hydrogen) atoms. The summed E-state index contributed by atoms with van der Waals surface area (Å²) in [7, 11) is 0. The van der Waals surface area contributed by atoms with Crippen molar-refractivity contribution in [2.45, 2.75) is 96.4 Å². The van der Waals surface area contributed by atoms with E-state index >= 15 is 0 Å². The van der Waals surface area contributed by atoms with Gasteiger partial charge in [0.15, 0.2) is 0 Å². The number of hydrogen-bond donors (Lipinski definition) is 3. The summed E-state index contributed by atoms with van der Waals surface area (Å²) in [6.45, 7) is 2.79. The standard InChI is InChI=1S/C20H37IN2O4/c1-2-3-4-5-6-7-8-9-10-14-18(24)22-15-12-11-13-17(20(26)27)23-19(25)16-21/h17H,2-16H2,1H3,(H,22,24)(H,23,25)(H,26,27). The fourth-order valence-electron chi connectivity index (χ4n) is 2.88. The summed E-state index contributed by atoms with van der Waals surface area (Å²) in [4.78, 5) is 34.2. The number of amides is 2. The van der Waals surface area contributed by atoms with E-state index in [1.54, 1.807) is 0 Å². The maximum Gasteiger partial charge on any atom is 0.326 e. The molecule has 0 radical (unpaired) electrons. The number of halogens is 1. The number of unbranched alkanes of at least 4 members (excludes halogenated alkanes) is 9. The first-order valence-corrected chi connectivity index (χ1v) is 11.9. The van der Waals surface area contributed by atoms with Crippen LogP contribution >= 0.6 is 22.6 Å².